The number of hydrogen-bond donors (Lipinski definition) is 1. The van der Waals surface area contributed by atoms with Gasteiger partial charge >= 0.3 is 18.3 Å². The third-order valence-corrected chi connectivity index (χ3v) is 5.48. The number of anilines is 2. The van der Waals surface area contributed by atoms with E-state index in [1.807, 2.05) is 0 Å². The average molecular weight is 507 g/mol. The molecule has 0 spiro atoms. The van der Waals surface area contributed by atoms with E-state index in [9.17, 15) is 27.2 Å². The molecule has 11 heteroatoms. The van der Waals surface area contributed by atoms with Crippen molar-refractivity contribution in [2.45, 2.75) is 51.4 Å². The summed E-state index contributed by atoms with van der Waals surface area (Å²) in [4.78, 5) is 28.5. The van der Waals surface area contributed by atoms with Crippen molar-refractivity contribution >= 4 is 23.5 Å². The maximum Gasteiger partial charge on any atom is 0.417 e. The van der Waals surface area contributed by atoms with E-state index in [1.54, 1.807) is 20.8 Å². The molecule has 0 bridgehead atoms. The number of hydrogen-bond acceptors (Lipinski definition) is 4. The van der Waals surface area contributed by atoms with Crippen LogP contribution < -0.4 is 10.2 Å². The Morgan fingerprint density at radius 2 is 1.78 bits per heavy atom. The normalized spacial score (nSPS) is 14.7. The van der Waals surface area contributed by atoms with E-state index in [2.05, 4.69) is 5.32 Å². The summed E-state index contributed by atoms with van der Waals surface area (Å²) in [6.07, 6.45) is -4.47. The smallest absolute Gasteiger partial charge is 0.417 e. The molecular formula is C25H26F4N4O3. The van der Waals surface area contributed by atoms with Gasteiger partial charge in [0.25, 0.3) is 0 Å². The quantitative estimate of drug-likeness (QED) is 0.506. The standard InChI is InChI=1S/C25H26F4N4O3/c1-24(2,3)36-23(35)32-11-9-19(10-12-32)33(20-6-4-5-17(26)14-20)22(34)31-18-7-8-21(25(27,28)29)16(13-18)15-30/h4-8,13-14,19H,9-12H2,1-3H3,(H,31,34). The minimum Gasteiger partial charge on any atom is -0.444 e. The Bertz CT molecular complexity index is 1160. The summed E-state index contributed by atoms with van der Waals surface area (Å²) in [6.45, 7) is 5.85. The number of amides is 3. The molecule has 1 N–H and O–H groups in total. The van der Waals surface area contributed by atoms with Crippen LogP contribution in [0.25, 0.3) is 0 Å². The van der Waals surface area contributed by atoms with Gasteiger partial charge in [0, 0.05) is 30.5 Å². The Morgan fingerprint density at radius 3 is 2.33 bits per heavy atom. The third kappa shape index (κ3) is 6.65. The fourth-order valence-corrected chi connectivity index (χ4v) is 3.90. The Morgan fingerprint density at radius 1 is 1.11 bits per heavy atom. The second kappa shape index (κ2) is 10.4. The van der Waals surface area contributed by atoms with Gasteiger partial charge in [-0.1, -0.05) is 6.07 Å². The van der Waals surface area contributed by atoms with Gasteiger partial charge in [0.1, 0.15) is 11.4 Å². The first kappa shape index (κ1) is 26.8. The number of carbonyl (C=O) groups is 2. The SMILES string of the molecule is CC(C)(C)OC(=O)N1CCC(N(C(=O)Nc2ccc(C(F)(F)F)c(C#N)c2)c2cccc(F)c2)CC1. The molecular weight excluding hydrogens is 480 g/mol. The highest BCUT2D eigenvalue weighted by molar-refractivity contribution is 6.02. The monoisotopic (exact) mass is 506 g/mol. The zero-order valence-corrected chi connectivity index (χ0v) is 20.0. The van der Waals surface area contributed by atoms with E-state index < -0.39 is 46.9 Å². The summed E-state index contributed by atoms with van der Waals surface area (Å²) in [6, 6.07) is 8.44. The fraction of sp³-hybridized carbons (Fsp3) is 0.400. The summed E-state index contributed by atoms with van der Waals surface area (Å²) in [7, 11) is 0. The van der Waals surface area contributed by atoms with Gasteiger partial charge in [-0.25, -0.2) is 14.0 Å². The molecule has 0 saturated carbocycles. The summed E-state index contributed by atoms with van der Waals surface area (Å²) < 4.78 is 58.7. The lowest BCUT2D eigenvalue weighted by molar-refractivity contribution is -0.137. The van der Waals surface area contributed by atoms with E-state index in [1.165, 1.54) is 40.1 Å². The Balaban J connectivity index is 1.82. The molecule has 2 aromatic rings. The van der Waals surface area contributed by atoms with Crippen molar-refractivity contribution in [2.24, 2.45) is 0 Å². The zero-order chi connectivity index (χ0) is 26.7. The second-order valence-corrected chi connectivity index (χ2v) is 9.35. The summed E-state index contributed by atoms with van der Waals surface area (Å²) >= 11 is 0. The molecule has 1 saturated heterocycles. The first-order valence-electron chi connectivity index (χ1n) is 11.2. The van der Waals surface area contributed by atoms with Crippen LogP contribution in [-0.2, 0) is 10.9 Å². The number of ether oxygens (including phenoxy) is 1. The van der Waals surface area contributed by atoms with Crippen molar-refractivity contribution in [3.63, 3.8) is 0 Å². The van der Waals surface area contributed by atoms with Crippen LogP contribution in [0.4, 0.5) is 38.5 Å². The number of rotatable bonds is 3. The van der Waals surface area contributed by atoms with E-state index in [0.29, 0.717) is 12.8 Å². The molecule has 0 atom stereocenters. The molecule has 0 aromatic heterocycles. The molecule has 192 valence electrons. The van der Waals surface area contributed by atoms with Crippen LogP contribution in [0, 0.1) is 17.1 Å². The number of carbonyl (C=O) groups excluding carboxylic acids is 2. The highest BCUT2D eigenvalue weighted by atomic mass is 19.4. The van der Waals surface area contributed by atoms with Crippen molar-refractivity contribution < 1.29 is 31.9 Å². The molecule has 0 radical (unpaired) electrons. The van der Waals surface area contributed by atoms with E-state index >= 15 is 0 Å². The molecule has 3 amide bonds. The van der Waals surface area contributed by atoms with Crippen molar-refractivity contribution in [1.29, 1.82) is 5.26 Å². The van der Waals surface area contributed by atoms with Crippen molar-refractivity contribution in [3.8, 4) is 6.07 Å². The first-order valence-corrected chi connectivity index (χ1v) is 11.2. The number of nitrogens with zero attached hydrogens (tertiary/aromatic N) is 3. The molecule has 7 nitrogen and oxygen atoms in total. The number of nitriles is 1. The lowest BCUT2D eigenvalue weighted by Gasteiger charge is -2.38. The van der Waals surface area contributed by atoms with E-state index in [-0.39, 0.29) is 24.5 Å². The number of piperidine rings is 1. The maximum absolute atomic E-state index is 14.0. The molecule has 1 fully saturated rings. The van der Waals surface area contributed by atoms with Crippen LogP contribution >= 0.6 is 0 Å². The van der Waals surface area contributed by atoms with Crippen molar-refractivity contribution in [1.82, 2.24) is 4.90 Å². The molecule has 36 heavy (non-hydrogen) atoms. The highest BCUT2D eigenvalue weighted by Crippen LogP contribution is 2.33. The molecule has 0 aliphatic carbocycles. The van der Waals surface area contributed by atoms with Gasteiger partial charge in [-0.3, -0.25) is 4.90 Å². The highest BCUT2D eigenvalue weighted by Gasteiger charge is 2.35. The van der Waals surface area contributed by atoms with E-state index in [4.69, 9.17) is 10.00 Å². The lowest BCUT2D eigenvalue weighted by atomic mass is 10.0. The molecule has 3 rings (SSSR count). The Labute approximate surface area is 206 Å². The summed E-state index contributed by atoms with van der Waals surface area (Å²) in [5, 5.41) is 11.7. The van der Waals surface area contributed by atoms with Gasteiger partial charge in [0.05, 0.1) is 17.2 Å². The van der Waals surface area contributed by atoms with Crippen molar-refractivity contribution in [3.05, 3.63) is 59.4 Å². The summed E-state index contributed by atoms with van der Waals surface area (Å²) in [5.41, 5.74) is -2.18. The van der Waals surface area contributed by atoms with Crippen LogP contribution in [0.5, 0.6) is 0 Å². The van der Waals surface area contributed by atoms with Gasteiger partial charge in [0.15, 0.2) is 0 Å². The number of likely N-dealkylation sites (tertiary alicyclic amines) is 1. The fourth-order valence-electron chi connectivity index (χ4n) is 3.90. The maximum atomic E-state index is 14.0. The lowest BCUT2D eigenvalue weighted by Crippen LogP contribution is -2.51. The molecule has 0 unspecified atom stereocenters. The molecule has 1 aliphatic rings. The number of nitrogens with one attached hydrogen (secondary N) is 1. The number of alkyl halides is 3. The topological polar surface area (TPSA) is 85.7 Å². The van der Waals surface area contributed by atoms with Crippen LogP contribution in [0.2, 0.25) is 0 Å². The van der Waals surface area contributed by atoms with Gasteiger partial charge in [-0.15, -0.1) is 0 Å². The zero-order valence-electron chi connectivity index (χ0n) is 20.0. The van der Waals surface area contributed by atoms with E-state index in [0.717, 1.165) is 18.2 Å². The average Bonchev–Trinajstić information content (AvgIpc) is 2.77. The van der Waals surface area contributed by atoms with Crippen LogP contribution in [0.3, 0.4) is 0 Å². The van der Waals surface area contributed by atoms with Gasteiger partial charge in [-0.05, 0) is 70.0 Å². The third-order valence-electron chi connectivity index (χ3n) is 5.48. The number of halogens is 4. The molecule has 1 heterocycles. The Kier molecular flexibility index (Phi) is 7.77. The number of benzene rings is 2. The molecule has 2 aromatic carbocycles. The van der Waals surface area contributed by atoms with Gasteiger partial charge < -0.3 is 15.0 Å². The number of urea groups is 1. The van der Waals surface area contributed by atoms with Crippen LogP contribution in [-0.4, -0.2) is 41.8 Å². The predicted octanol–water partition coefficient (Wildman–Crippen LogP) is 6.15. The predicted molar refractivity (Wildman–Crippen MR) is 125 cm³/mol. The van der Waals surface area contributed by atoms with Crippen LogP contribution in [0.1, 0.15) is 44.7 Å². The largest absolute Gasteiger partial charge is 0.444 e. The van der Waals surface area contributed by atoms with Crippen molar-refractivity contribution in [2.75, 3.05) is 23.3 Å². The van der Waals surface area contributed by atoms with Gasteiger partial charge in [-0.2, -0.15) is 18.4 Å². The van der Waals surface area contributed by atoms with Gasteiger partial charge in [0.2, 0.25) is 0 Å². The first-order chi connectivity index (χ1) is 16.8. The minimum atomic E-state index is -4.72. The summed E-state index contributed by atoms with van der Waals surface area (Å²) in [5.74, 6) is -0.571. The molecule has 1 aliphatic heterocycles. The Hall–Kier alpha value is -3.81. The second-order valence-electron chi connectivity index (χ2n) is 9.35. The minimum absolute atomic E-state index is 0.0165. The van der Waals surface area contributed by atoms with Crippen LogP contribution in [0.15, 0.2) is 42.5 Å².